The Bertz CT molecular complexity index is 625. The second kappa shape index (κ2) is 10.9. The molecule has 0 N–H and O–H groups in total. The zero-order chi connectivity index (χ0) is 24.6. The summed E-state index contributed by atoms with van der Waals surface area (Å²) in [6, 6.07) is 0. The molecule has 4 aliphatic rings. The van der Waals surface area contributed by atoms with Crippen LogP contribution in [0.2, 0.25) is 0 Å². The predicted molar refractivity (Wildman–Crippen MR) is 118 cm³/mol. The Balaban J connectivity index is 1.29. The molecule has 0 aromatic rings. The molecule has 0 radical (unpaired) electrons. The second-order valence-corrected chi connectivity index (χ2v) is 11.7. The van der Waals surface area contributed by atoms with Gasteiger partial charge in [-0.05, 0) is 62.2 Å². The van der Waals surface area contributed by atoms with Gasteiger partial charge in [0.15, 0.2) is 0 Å². The van der Waals surface area contributed by atoms with Crippen LogP contribution in [0.4, 0.5) is 26.3 Å². The molecule has 1 aliphatic heterocycles. The third kappa shape index (κ3) is 5.90. The highest BCUT2D eigenvalue weighted by Crippen LogP contribution is 2.47. The first-order valence-electron chi connectivity index (χ1n) is 13.3. The minimum Gasteiger partial charge on any atom is -0.378 e. The number of alkyl halides is 6. The summed E-state index contributed by atoms with van der Waals surface area (Å²) in [5.41, 5.74) is 0. The molecule has 4 fully saturated rings. The summed E-state index contributed by atoms with van der Waals surface area (Å²) < 4.78 is 98.2. The molecule has 2 nitrogen and oxygen atoms in total. The maximum Gasteiger partial charge on any atom is 0.364 e. The fourth-order valence-corrected chi connectivity index (χ4v) is 6.86. The van der Waals surface area contributed by atoms with Gasteiger partial charge in [-0.2, -0.15) is 8.78 Å². The monoisotopic (exact) mass is 498 g/mol. The van der Waals surface area contributed by atoms with Crippen LogP contribution >= 0.6 is 0 Å². The fraction of sp³-hybridized carbons (Fsp3) is 1.00. The lowest BCUT2D eigenvalue weighted by Crippen LogP contribution is -2.52. The van der Waals surface area contributed by atoms with Crippen molar-refractivity contribution in [3.05, 3.63) is 0 Å². The Labute approximate surface area is 199 Å². The fourth-order valence-electron chi connectivity index (χ4n) is 6.86. The molecule has 1 heterocycles. The van der Waals surface area contributed by atoms with E-state index in [9.17, 15) is 26.3 Å². The van der Waals surface area contributed by atoms with Gasteiger partial charge in [0.2, 0.25) is 0 Å². The molecule has 0 spiro atoms. The molecular formula is C26H40F6O2. The van der Waals surface area contributed by atoms with E-state index in [1.165, 1.54) is 32.6 Å². The van der Waals surface area contributed by atoms with Gasteiger partial charge in [0.25, 0.3) is 0 Å². The molecule has 0 aromatic heterocycles. The Kier molecular flexibility index (Phi) is 8.48. The summed E-state index contributed by atoms with van der Waals surface area (Å²) in [7, 11) is 0. The van der Waals surface area contributed by atoms with Crippen molar-refractivity contribution in [2.24, 2.45) is 35.5 Å². The predicted octanol–water partition coefficient (Wildman–Crippen LogP) is 7.39. The van der Waals surface area contributed by atoms with Crippen molar-refractivity contribution >= 4 is 0 Å². The van der Waals surface area contributed by atoms with Crippen molar-refractivity contribution in [1.82, 2.24) is 0 Å². The molecule has 3 saturated carbocycles. The van der Waals surface area contributed by atoms with Gasteiger partial charge in [0, 0.05) is 18.8 Å². The van der Waals surface area contributed by atoms with Crippen molar-refractivity contribution in [3.8, 4) is 0 Å². The summed E-state index contributed by atoms with van der Waals surface area (Å²) in [6.45, 7) is 4.23. The van der Waals surface area contributed by atoms with Crippen molar-refractivity contribution in [3.63, 3.8) is 0 Å². The zero-order valence-electron chi connectivity index (χ0n) is 20.3. The van der Waals surface area contributed by atoms with E-state index in [0.717, 1.165) is 12.3 Å². The van der Waals surface area contributed by atoms with E-state index in [1.807, 2.05) is 0 Å². The Morgan fingerprint density at radius 1 is 0.676 bits per heavy atom. The largest absolute Gasteiger partial charge is 0.378 e. The first-order valence-corrected chi connectivity index (χ1v) is 13.3. The first-order chi connectivity index (χ1) is 16.0. The third-order valence-electron chi connectivity index (χ3n) is 9.26. The van der Waals surface area contributed by atoms with Crippen molar-refractivity contribution in [1.29, 1.82) is 0 Å². The smallest absolute Gasteiger partial charge is 0.364 e. The molecule has 34 heavy (non-hydrogen) atoms. The van der Waals surface area contributed by atoms with E-state index in [2.05, 4.69) is 6.92 Å². The van der Waals surface area contributed by atoms with E-state index in [-0.39, 0.29) is 18.9 Å². The summed E-state index contributed by atoms with van der Waals surface area (Å²) >= 11 is 0. The molecule has 0 aromatic carbocycles. The summed E-state index contributed by atoms with van der Waals surface area (Å²) in [5.74, 6) is -1.74. The SMILES string of the molecule is CC1CCC(C2CCC(C3CC(F)C(C(F)(F)OC4CC(F)C(C)C(F)C4)C(F)C3)OC2)CC1. The molecular weight excluding hydrogens is 458 g/mol. The molecule has 6 unspecified atom stereocenters. The number of rotatable bonds is 5. The van der Waals surface area contributed by atoms with E-state index in [0.29, 0.717) is 24.9 Å². The molecule has 0 amide bonds. The average Bonchev–Trinajstić information content (AvgIpc) is 2.77. The van der Waals surface area contributed by atoms with Gasteiger partial charge in [-0.25, -0.2) is 17.6 Å². The average molecular weight is 499 g/mol. The van der Waals surface area contributed by atoms with Crippen LogP contribution in [0.5, 0.6) is 0 Å². The number of halogens is 6. The molecule has 8 heteroatoms. The van der Waals surface area contributed by atoms with Crippen LogP contribution in [0.25, 0.3) is 0 Å². The van der Waals surface area contributed by atoms with Crippen molar-refractivity contribution in [2.45, 2.75) is 121 Å². The summed E-state index contributed by atoms with van der Waals surface area (Å²) in [6.07, 6.45) is -7.95. The molecule has 3 aliphatic carbocycles. The zero-order valence-corrected chi connectivity index (χ0v) is 20.3. The van der Waals surface area contributed by atoms with Gasteiger partial charge in [0.05, 0.1) is 18.8 Å². The topological polar surface area (TPSA) is 18.5 Å². The van der Waals surface area contributed by atoms with Crippen LogP contribution in [-0.4, -0.2) is 49.6 Å². The lowest BCUT2D eigenvalue weighted by atomic mass is 9.71. The van der Waals surface area contributed by atoms with Crippen LogP contribution in [0.3, 0.4) is 0 Å². The van der Waals surface area contributed by atoms with Gasteiger partial charge < -0.3 is 9.47 Å². The maximum absolute atomic E-state index is 15.0. The molecule has 1 saturated heterocycles. The quantitative estimate of drug-likeness (QED) is 0.368. The summed E-state index contributed by atoms with van der Waals surface area (Å²) in [5, 5.41) is 0. The maximum atomic E-state index is 15.0. The number of hydrogen-bond donors (Lipinski definition) is 0. The minimum absolute atomic E-state index is 0.209. The standard InChI is InChI=1S/C26H40F6O2/c1-14-3-5-16(6-4-14)17-7-8-24(33-13-17)18-9-22(29)25(23(30)10-18)26(31,32)34-19-11-20(27)15(2)21(28)12-19/h14-25H,3-13H2,1-2H3. The molecule has 6 atom stereocenters. The Morgan fingerprint density at radius 3 is 1.76 bits per heavy atom. The van der Waals surface area contributed by atoms with Crippen molar-refractivity contribution in [2.75, 3.05) is 6.61 Å². The molecule has 198 valence electrons. The minimum atomic E-state index is -4.12. The van der Waals surface area contributed by atoms with Gasteiger partial charge in [-0.15, -0.1) is 0 Å². The van der Waals surface area contributed by atoms with Gasteiger partial charge >= 0.3 is 6.11 Å². The first kappa shape index (κ1) is 26.6. The van der Waals surface area contributed by atoms with Crippen molar-refractivity contribution < 1.29 is 35.8 Å². The van der Waals surface area contributed by atoms with Crippen LogP contribution in [0.1, 0.15) is 78.1 Å². The highest BCUT2D eigenvalue weighted by atomic mass is 19.3. The van der Waals surface area contributed by atoms with E-state index in [4.69, 9.17) is 9.47 Å². The van der Waals surface area contributed by atoms with E-state index < -0.39 is 67.5 Å². The highest BCUT2D eigenvalue weighted by Gasteiger charge is 2.57. The van der Waals surface area contributed by atoms with E-state index >= 15 is 0 Å². The lowest BCUT2D eigenvalue weighted by Gasteiger charge is -2.44. The Morgan fingerprint density at radius 2 is 1.24 bits per heavy atom. The van der Waals surface area contributed by atoms with Gasteiger partial charge in [-0.3, -0.25) is 0 Å². The van der Waals surface area contributed by atoms with Gasteiger partial charge in [0.1, 0.15) is 30.6 Å². The lowest BCUT2D eigenvalue weighted by molar-refractivity contribution is -0.323. The van der Waals surface area contributed by atoms with Crippen LogP contribution in [0, 0.1) is 35.5 Å². The second-order valence-electron chi connectivity index (χ2n) is 11.7. The Hall–Kier alpha value is -0.500. The van der Waals surface area contributed by atoms with Crippen LogP contribution < -0.4 is 0 Å². The number of hydrogen-bond acceptors (Lipinski definition) is 2. The normalized spacial score (nSPS) is 49.1. The molecule has 0 bridgehead atoms. The van der Waals surface area contributed by atoms with Crippen LogP contribution in [0.15, 0.2) is 0 Å². The third-order valence-corrected chi connectivity index (χ3v) is 9.26. The van der Waals surface area contributed by atoms with E-state index in [1.54, 1.807) is 0 Å². The molecule has 4 rings (SSSR count). The summed E-state index contributed by atoms with van der Waals surface area (Å²) in [4.78, 5) is 0. The highest BCUT2D eigenvalue weighted by molar-refractivity contribution is 4.95. The van der Waals surface area contributed by atoms with Crippen LogP contribution in [-0.2, 0) is 9.47 Å². The van der Waals surface area contributed by atoms with Gasteiger partial charge in [-0.1, -0.05) is 26.7 Å². The number of ether oxygens (including phenoxy) is 2.